The Bertz CT molecular complexity index is 170. The van der Waals surface area contributed by atoms with Gasteiger partial charge < -0.3 is 9.84 Å². The quantitative estimate of drug-likeness (QED) is 0.489. The van der Waals surface area contributed by atoms with Crippen LogP contribution in [0.1, 0.15) is 13.3 Å². The molecule has 62 valence electrons. The molecular weight excluding hydrogens is 144 g/mol. The standard InChI is InChI=1S/C8H12O3/c1-6(2-3-8(9)10)4-7-5-11-7/h2-3,6-7H,4-5H2,1H3,(H,9,10). The molecule has 1 fully saturated rings. The third-order valence-corrected chi connectivity index (χ3v) is 1.60. The van der Waals surface area contributed by atoms with E-state index in [1.165, 1.54) is 6.08 Å². The Morgan fingerprint density at radius 2 is 2.55 bits per heavy atom. The molecule has 0 aromatic heterocycles. The number of rotatable bonds is 4. The molecule has 0 aliphatic carbocycles. The van der Waals surface area contributed by atoms with E-state index in [0.29, 0.717) is 12.0 Å². The number of hydrogen-bond donors (Lipinski definition) is 1. The minimum absolute atomic E-state index is 0.304. The van der Waals surface area contributed by atoms with Crippen LogP contribution >= 0.6 is 0 Å². The van der Waals surface area contributed by atoms with Crippen LogP contribution in [0.15, 0.2) is 12.2 Å². The van der Waals surface area contributed by atoms with Crippen molar-refractivity contribution in [3.05, 3.63) is 12.2 Å². The van der Waals surface area contributed by atoms with Crippen LogP contribution in [0, 0.1) is 5.92 Å². The molecule has 0 aromatic rings. The van der Waals surface area contributed by atoms with E-state index in [1.807, 2.05) is 6.92 Å². The van der Waals surface area contributed by atoms with Crippen molar-refractivity contribution in [1.29, 1.82) is 0 Å². The van der Waals surface area contributed by atoms with E-state index in [-0.39, 0.29) is 0 Å². The van der Waals surface area contributed by atoms with Crippen LogP contribution in [0.3, 0.4) is 0 Å². The Hall–Kier alpha value is -0.830. The molecule has 3 nitrogen and oxygen atoms in total. The molecule has 1 heterocycles. The van der Waals surface area contributed by atoms with E-state index >= 15 is 0 Å². The predicted molar refractivity (Wildman–Crippen MR) is 40.3 cm³/mol. The summed E-state index contributed by atoms with van der Waals surface area (Å²) in [7, 11) is 0. The highest BCUT2D eigenvalue weighted by molar-refractivity contribution is 5.79. The van der Waals surface area contributed by atoms with Gasteiger partial charge in [-0.15, -0.1) is 0 Å². The fourth-order valence-corrected chi connectivity index (χ4v) is 0.944. The van der Waals surface area contributed by atoms with Crippen molar-refractivity contribution >= 4 is 5.97 Å². The lowest BCUT2D eigenvalue weighted by molar-refractivity contribution is -0.131. The second kappa shape index (κ2) is 3.53. The number of carboxylic acids is 1. The van der Waals surface area contributed by atoms with Gasteiger partial charge in [-0.1, -0.05) is 13.0 Å². The minimum Gasteiger partial charge on any atom is -0.478 e. The zero-order valence-electron chi connectivity index (χ0n) is 6.49. The highest BCUT2D eigenvalue weighted by Gasteiger charge is 2.23. The van der Waals surface area contributed by atoms with Gasteiger partial charge in [0.1, 0.15) is 0 Å². The lowest BCUT2D eigenvalue weighted by Crippen LogP contribution is -1.97. The van der Waals surface area contributed by atoms with E-state index in [1.54, 1.807) is 6.08 Å². The number of aliphatic carboxylic acids is 1. The van der Waals surface area contributed by atoms with Crippen molar-refractivity contribution in [2.45, 2.75) is 19.4 Å². The second-order valence-corrected chi connectivity index (χ2v) is 2.87. The van der Waals surface area contributed by atoms with E-state index in [2.05, 4.69) is 0 Å². The van der Waals surface area contributed by atoms with Crippen molar-refractivity contribution in [2.24, 2.45) is 5.92 Å². The molecule has 2 unspecified atom stereocenters. The summed E-state index contributed by atoms with van der Waals surface area (Å²) in [5.41, 5.74) is 0. The van der Waals surface area contributed by atoms with Crippen molar-refractivity contribution in [2.75, 3.05) is 6.61 Å². The Labute approximate surface area is 65.7 Å². The first kappa shape index (κ1) is 8.27. The summed E-state index contributed by atoms with van der Waals surface area (Å²) >= 11 is 0. The zero-order chi connectivity index (χ0) is 8.27. The lowest BCUT2D eigenvalue weighted by Gasteiger charge is -1.99. The highest BCUT2D eigenvalue weighted by Crippen LogP contribution is 2.19. The monoisotopic (exact) mass is 156 g/mol. The van der Waals surface area contributed by atoms with Gasteiger partial charge in [0.25, 0.3) is 0 Å². The maximum atomic E-state index is 10.1. The summed E-state index contributed by atoms with van der Waals surface area (Å²) < 4.78 is 5.00. The molecule has 0 spiro atoms. The van der Waals surface area contributed by atoms with Gasteiger partial charge in [-0.05, 0) is 12.3 Å². The highest BCUT2D eigenvalue weighted by atomic mass is 16.6. The van der Waals surface area contributed by atoms with Gasteiger partial charge in [0, 0.05) is 6.08 Å². The molecular formula is C8H12O3. The number of allylic oxidation sites excluding steroid dienone is 1. The van der Waals surface area contributed by atoms with E-state index in [9.17, 15) is 4.79 Å². The van der Waals surface area contributed by atoms with Crippen molar-refractivity contribution in [3.8, 4) is 0 Å². The summed E-state index contributed by atoms with van der Waals surface area (Å²) in [6.07, 6.45) is 4.20. The zero-order valence-corrected chi connectivity index (χ0v) is 6.49. The maximum Gasteiger partial charge on any atom is 0.327 e. The molecule has 0 saturated carbocycles. The lowest BCUT2D eigenvalue weighted by atomic mass is 10.1. The largest absolute Gasteiger partial charge is 0.478 e. The average molecular weight is 156 g/mol. The number of carbonyl (C=O) groups is 1. The van der Waals surface area contributed by atoms with E-state index in [0.717, 1.165) is 13.0 Å². The predicted octanol–water partition coefficient (Wildman–Crippen LogP) is 1.05. The van der Waals surface area contributed by atoms with Gasteiger partial charge in [-0.2, -0.15) is 0 Å². The number of ether oxygens (including phenoxy) is 1. The van der Waals surface area contributed by atoms with E-state index < -0.39 is 5.97 Å². The van der Waals surface area contributed by atoms with Crippen LogP contribution in [-0.2, 0) is 9.53 Å². The summed E-state index contributed by atoms with van der Waals surface area (Å²) in [4.78, 5) is 10.1. The van der Waals surface area contributed by atoms with Crippen LogP contribution in [-0.4, -0.2) is 23.8 Å². The van der Waals surface area contributed by atoms with Gasteiger partial charge in [0.2, 0.25) is 0 Å². The molecule has 1 rings (SSSR count). The number of epoxide rings is 1. The Balaban J connectivity index is 2.17. The molecule has 1 saturated heterocycles. The van der Waals surface area contributed by atoms with Gasteiger partial charge in [-0.3, -0.25) is 0 Å². The molecule has 0 amide bonds. The minimum atomic E-state index is -0.881. The topological polar surface area (TPSA) is 49.8 Å². The fraction of sp³-hybridized carbons (Fsp3) is 0.625. The third kappa shape index (κ3) is 3.78. The van der Waals surface area contributed by atoms with Gasteiger partial charge in [-0.25, -0.2) is 4.79 Å². The molecule has 3 heteroatoms. The fourth-order valence-electron chi connectivity index (χ4n) is 0.944. The number of carboxylic acid groups (broad SMARTS) is 1. The Morgan fingerprint density at radius 3 is 3.00 bits per heavy atom. The van der Waals surface area contributed by atoms with Crippen molar-refractivity contribution < 1.29 is 14.6 Å². The summed E-state index contributed by atoms with van der Waals surface area (Å²) in [5.74, 6) is -0.577. The number of hydrogen-bond acceptors (Lipinski definition) is 2. The van der Waals surface area contributed by atoms with Gasteiger partial charge in [0.05, 0.1) is 12.7 Å². The molecule has 11 heavy (non-hydrogen) atoms. The van der Waals surface area contributed by atoms with Crippen LogP contribution in [0.5, 0.6) is 0 Å². The molecule has 0 aromatic carbocycles. The van der Waals surface area contributed by atoms with Gasteiger partial charge in [0.15, 0.2) is 0 Å². The van der Waals surface area contributed by atoms with Crippen LogP contribution in [0.2, 0.25) is 0 Å². The van der Waals surface area contributed by atoms with Crippen LogP contribution in [0.25, 0.3) is 0 Å². The van der Waals surface area contributed by atoms with Crippen molar-refractivity contribution in [1.82, 2.24) is 0 Å². The summed E-state index contributed by atoms with van der Waals surface area (Å²) in [6.45, 7) is 2.83. The Kier molecular flexibility index (Phi) is 2.65. The normalized spacial score (nSPS) is 25.4. The van der Waals surface area contributed by atoms with Crippen molar-refractivity contribution in [3.63, 3.8) is 0 Å². The maximum absolute atomic E-state index is 10.1. The molecule has 1 aliphatic heterocycles. The first-order valence-electron chi connectivity index (χ1n) is 3.71. The second-order valence-electron chi connectivity index (χ2n) is 2.87. The first-order chi connectivity index (χ1) is 5.18. The smallest absolute Gasteiger partial charge is 0.327 e. The Morgan fingerprint density at radius 1 is 1.91 bits per heavy atom. The molecule has 0 radical (unpaired) electrons. The molecule has 2 atom stereocenters. The average Bonchev–Trinajstić information content (AvgIpc) is 2.67. The third-order valence-electron chi connectivity index (χ3n) is 1.60. The van der Waals surface area contributed by atoms with Crippen LogP contribution < -0.4 is 0 Å². The first-order valence-corrected chi connectivity index (χ1v) is 3.71. The van der Waals surface area contributed by atoms with Gasteiger partial charge >= 0.3 is 5.97 Å². The van der Waals surface area contributed by atoms with E-state index in [4.69, 9.17) is 9.84 Å². The summed E-state index contributed by atoms with van der Waals surface area (Å²) in [6, 6.07) is 0. The SMILES string of the molecule is CC(C=CC(=O)O)CC1CO1. The van der Waals surface area contributed by atoms with Crippen LogP contribution in [0.4, 0.5) is 0 Å². The molecule has 0 bridgehead atoms. The molecule has 1 aliphatic rings. The molecule has 1 N–H and O–H groups in total. The summed E-state index contributed by atoms with van der Waals surface area (Å²) in [5, 5.41) is 8.29.